The van der Waals surface area contributed by atoms with E-state index in [9.17, 15) is 14.7 Å². The lowest BCUT2D eigenvalue weighted by atomic mass is 10.1. The number of carbonyl (C=O) groups excluding carboxylic acids is 1. The van der Waals surface area contributed by atoms with Gasteiger partial charge in [0.15, 0.2) is 0 Å². The van der Waals surface area contributed by atoms with Gasteiger partial charge in [0.05, 0.1) is 11.3 Å². The van der Waals surface area contributed by atoms with Crippen LogP contribution in [0, 0.1) is 13.8 Å². The summed E-state index contributed by atoms with van der Waals surface area (Å²) in [7, 11) is 0. The molecule has 1 fully saturated rings. The minimum atomic E-state index is -1.09. The predicted octanol–water partition coefficient (Wildman–Crippen LogP) is 5.23. The number of nitrogens with one attached hydrogen (secondary N) is 1. The molecule has 0 radical (unpaired) electrons. The Labute approximate surface area is 198 Å². The highest BCUT2D eigenvalue weighted by Gasteiger charge is 2.21. The third-order valence-electron chi connectivity index (χ3n) is 6.13. The minimum absolute atomic E-state index is 0.0554. The first-order valence-corrected chi connectivity index (χ1v) is 11.2. The van der Waals surface area contributed by atoms with Crippen molar-refractivity contribution in [1.29, 1.82) is 0 Å². The standard InChI is InChI=1S/C26H26ClN3O3/c1-17-5-3-8-24(18(17)2)30-13-11-29(12-14-30)21-9-10-23(22(16-21)26(32)33)28-25(31)19-6-4-7-20(27)15-19/h3-10,15-16H,11-14H2,1-2H3,(H,28,31)(H,32,33). The molecule has 3 aromatic rings. The molecular formula is C26H26ClN3O3. The fraction of sp³-hybridized carbons (Fsp3) is 0.231. The number of carboxylic acids is 1. The Bertz CT molecular complexity index is 1200. The van der Waals surface area contributed by atoms with Crippen LogP contribution in [0.3, 0.4) is 0 Å². The first kappa shape index (κ1) is 22.7. The number of hydrogen-bond donors (Lipinski definition) is 2. The van der Waals surface area contributed by atoms with Gasteiger partial charge in [0.2, 0.25) is 0 Å². The van der Waals surface area contributed by atoms with Gasteiger partial charge in [-0.25, -0.2) is 4.79 Å². The molecule has 7 heteroatoms. The highest BCUT2D eigenvalue weighted by atomic mass is 35.5. The molecule has 6 nitrogen and oxygen atoms in total. The van der Waals surface area contributed by atoms with Crippen LogP contribution in [0.2, 0.25) is 5.02 Å². The van der Waals surface area contributed by atoms with E-state index >= 15 is 0 Å². The van der Waals surface area contributed by atoms with Crippen molar-refractivity contribution in [3.8, 4) is 0 Å². The lowest BCUT2D eigenvalue weighted by molar-refractivity contribution is 0.0698. The molecule has 4 rings (SSSR count). The van der Waals surface area contributed by atoms with Gasteiger partial charge in [-0.2, -0.15) is 0 Å². The van der Waals surface area contributed by atoms with Gasteiger partial charge in [-0.1, -0.05) is 29.8 Å². The molecule has 1 aliphatic rings. The molecule has 0 bridgehead atoms. The molecular weight excluding hydrogens is 438 g/mol. The highest BCUT2D eigenvalue weighted by Crippen LogP contribution is 2.28. The normalized spacial score (nSPS) is 13.7. The summed E-state index contributed by atoms with van der Waals surface area (Å²) in [5.41, 5.74) is 5.32. The molecule has 3 aromatic carbocycles. The summed E-state index contributed by atoms with van der Waals surface area (Å²) in [5.74, 6) is -1.50. The molecule has 1 saturated heterocycles. The van der Waals surface area contributed by atoms with Gasteiger partial charge in [-0.3, -0.25) is 4.79 Å². The summed E-state index contributed by atoms with van der Waals surface area (Å²) in [4.78, 5) is 29.1. The quantitative estimate of drug-likeness (QED) is 0.541. The molecule has 1 amide bonds. The zero-order valence-corrected chi connectivity index (χ0v) is 19.4. The number of aromatic carboxylic acids is 1. The van der Waals surface area contributed by atoms with E-state index in [1.807, 2.05) is 6.07 Å². The van der Waals surface area contributed by atoms with Crippen LogP contribution in [0.1, 0.15) is 31.8 Å². The van der Waals surface area contributed by atoms with Gasteiger partial charge in [0.1, 0.15) is 0 Å². The van der Waals surface area contributed by atoms with Crippen LogP contribution in [-0.4, -0.2) is 43.2 Å². The van der Waals surface area contributed by atoms with Crippen LogP contribution >= 0.6 is 11.6 Å². The van der Waals surface area contributed by atoms with E-state index < -0.39 is 11.9 Å². The molecule has 0 atom stereocenters. The van der Waals surface area contributed by atoms with Gasteiger partial charge in [0, 0.05) is 48.1 Å². The first-order chi connectivity index (χ1) is 15.8. The fourth-order valence-corrected chi connectivity index (χ4v) is 4.31. The number of rotatable bonds is 5. The van der Waals surface area contributed by atoms with Gasteiger partial charge in [-0.05, 0) is 67.4 Å². The minimum Gasteiger partial charge on any atom is -0.478 e. The zero-order valence-electron chi connectivity index (χ0n) is 18.6. The highest BCUT2D eigenvalue weighted by molar-refractivity contribution is 6.31. The Morgan fingerprint density at radius 1 is 0.909 bits per heavy atom. The number of hydrogen-bond acceptors (Lipinski definition) is 4. The van der Waals surface area contributed by atoms with Crippen molar-refractivity contribution >= 4 is 40.5 Å². The maximum Gasteiger partial charge on any atom is 0.337 e. The predicted molar refractivity (Wildman–Crippen MR) is 133 cm³/mol. The SMILES string of the molecule is Cc1cccc(N2CCN(c3ccc(NC(=O)c4cccc(Cl)c4)c(C(=O)O)c3)CC2)c1C. The number of benzene rings is 3. The Hall–Kier alpha value is -3.51. The summed E-state index contributed by atoms with van der Waals surface area (Å²) in [6.07, 6.45) is 0. The summed E-state index contributed by atoms with van der Waals surface area (Å²) < 4.78 is 0. The molecule has 0 saturated carbocycles. The van der Waals surface area contributed by atoms with Crippen LogP contribution < -0.4 is 15.1 Å². The van der Waals surface area contributed by atoms with E-state index in [4.69, 9.17) is 11.6 Å². The number of carboxylic acid groups (broad SMARTS) is 1. The van der Waals surface area contributed by atoms with Crippen molar-refractivity contribution in [3.05, 3.63) is 87.9 Å². The van der Waals surface area contributed by atoms with Crippen LogP contribution in [-0.2, 0) is 0 Å². The van der Waals surface area contributed by atoms with Crippen molar-refractivity contribution in [2.45, 2.75) is 13.8 Å². The lowest BCUT2D eigenvalue weighted by Gasteiger charge is -2.38. The summed E-state index contributed by atoms with van der Waals surface area (Å²) >= 11 is 5.96. The number of amides is 1. The summed E-state index contributed by atoms with van der Waals surface area (Å²) in [5, 5.41) is 12.9. The van der Waals surface area contributed by atoms with Crippen LogP contribution in [0.5, 0.6) is 0 Å². The molecule has 1 aliphatic heterocycles. The zero-order chi connectivity index (χ0) is 23.5. The van der Waals surface area contributed by atoms with Gasteiger partial charge in [0.25, 0.3) is 5.91 Å². The molecule has 170 valence electrons. The van der Waals surface area contributed by atoms with E-state index in [1.54, 1.807) is 36.4 Å². The van der Waals surface area contributed by atoms with E-state index in [0.717, 1.165) is 31.9 Å². The second-order valence-corrected chi connectivity index (χ2v) is 8.63. The van der Waals surface area contributed by atoms with E-state index in [2.05, 4.69) is 47.2 Å². The summed E-state index contributed by atoms with van der Waals surface area (Å²) in [6, 6.07) is 18.0. The molecule has 0 aliphatic carbocycles. The maximum absolute atomic E-state index is 12.6. The van der Waals surface area contributed by atoms with Crippen LogP contribution in [0.15, 0.2) is 60.7 Å². The third-order valence-corrected chi connectivity index (χ3v) is 6.37. The molecule has 2 N–H and O–H groups in total. The molecule has 0 aromatic heterocycles. The van der Waals surface area contributed by atoms with Crippen molar-refractivity contribution in [3.63, 3.8) is 0 Å². The van der Waals surface area contributed by atoms with Crippen LogP contribution in [0.4, 0.5) is 17.1 Å². The largest absolute Gasteiger partial charge is 0.478 e. The number of anilines is 3. The lowest BCUT2D eigenvalue weighted by Crippen LogP contribution is -2.46. The van der Waals surface area contributed by atoms with Gasteiger partial charge in [-0.15, -0.1) is 0 Å². The second-order valence-electron chi connectivity index (χ2n) is 8.19. The number of piperazine rings is 1. The van der Waals surface area contributed by atoms with E-state index in [-0.39, 0.29) is 11.3 Å². The number of halogens is 1. The van der Waals surface area contributed by atoms with E-state index in [1.165, 1.54) is 16.8 Å². The molecule has 0 unspecified atom stereocenters. The maximum atomic E-state index is 12.6. The Balaban J connectivity index is 1.49. The average Bonchev–Trinajstić information content (AvgIpc) is 2.81. The average molecular weight is 464 g/mol. The van der Waals surface area contributed by atoms with Gasteiger partial charge < -0.3 is 20.2 Å². The Kier molecular flexibility index (Phi) is 6.56. The van der Waals surface area contributed by atoms with Crippen molar-refractivity contribution in [2.24, 2.45) is 0 Å². The van der Waals surface area contributed by atoms with Crippen LogP contribution in [0.25, 0.3) is 0 Å². The van der Waals surface area contributed by atoms with Crippen molar-refractivity contribution in [1.82, 2.24) is 0 Å². The molecule has 0 spiro atoms. The second kappa shape index (κ2) is 9.55. The number of nitrogens with zero attached hydrogens (tertiary/aromatic N) is 2. The van der Waals surface area contributed by atoms with Crippen molar-refractivity contribution in [2.75, 3.05) is 41.3 Å². The number of aryl methyl sites for hydroxylation is 1. The summed E-state index contributed by atoms with van der Waals surface area (Å²) in [6.45, 7) is 7.52. The third kappa shape index (κ3) is 4.96. The topological polar surface area (TPSA) is 72.9 Å². The fourth-order valence-electron chi connectivity index (χ4n) is 4.12. The van der Waals surface area contributed by atoms with Crippen molar-refractivity contribution < 1.29 is 14.7 Å². The number of carbonyl (C=O) groups is 2. The molecule has 1 heterocycles. The van der Waals surface area contributed by atoms with Gasteiger partial charge >= 0.3 is 5.97 Å². The van der Waals surface area contributed by atoms with E-state index in [0.29, 0.717) is 10.6 Å². The Morgan fingerprint density at radius 2 is 1.61 bits per heavy atom. The first-order valence-electron chi connectivity index (χ1n) is 10.8. The molecule has 33 heavy (non-hydrogen) atoms. The Morgan fingerprint density at radius 3 is 2.30 bits per heavy atom. The monoisotopic (exact) mass is 463 g/mol. The smallest absolute Gasteiger partial charge is 0.337 e.